The zero-order chi connectivity index (χ0) is 10.0. The van der Waals surface area contributed by atoms with Gasteiger partial charge in [-0.15, -0.1) is 0 Å². The minimum atomic E-state index is -0.847. The molecular formula is C7H3ClN2O3. The first kappa shape index (κ1) is 9.29. The van der Waals surface area contributed by atoms with Gasteiger partial charge in [0.1, 0.15) is 11.6 Å². The van der Waals surface area contributed by atoms with Crippen LogP contribution in [-0.4, -0.2) is 10.0 Å². The predicted octanol–water partition coefficient (Wildman–Crippen LogP) is 1.83. The van der Waals surface area contributed by atoms with Crippen LogP contribution in [0.3, 0.4) is 0 Å². The number of phenolic OH excluding ortho intramolecular Hbond substituents is 1. The number of nitriles is 1. The van der Waals surface area contributed by atoms with Crippen LogP contribution < -0.4 is 0 Å². The third kappa shape index (κ3) is 1.53. The fraction of sp³-hybridized carbons (Fsp3) is 0. The minimum absolute atomic E-state index is 0.147. The topological polar surface area (TPSA) is 87.2 Å². The van der Waals surface area contributed by atoms with Gasteiger partial charge in [0.05, 0.1) is 9.95 Å². The second-order valence-electron chi connectivity index (χ2n) is 2.16. The first-order valence-electron chi connectivity index (χ1n) is 3.14. The highest BCUT2D eigenvalue weighted by molar-refractivity contribution is 6.32. The SMILES string of the molecule is N#Cc1ccc(Cl)c(O)c1[N+](=O)[O-]. The Kier molecular flexibility index (Phi) is 2.35. The Morgan fingerprint density at radius 3 is 2.69 bits per heavy atom. The Hall–Kier alpha value is -1.80. The number of halogens is 1. The highest BCUT2D eigenvalue weighted by atomic mass is 35.5. The van der Waals surface area contributed by atoms with E-state index in [9.17, 15) is 10.1 Å². The number of hydrogen-bond acceptors (Lipinski definition) is 4. The Balaban J connectivity index is 3.53. The Bertz CT molecular complexity index is 411. The van der Waals surface area contributed by atoms with E-state index in [1.807, 2.05) is 0 Å². The van der Waals surface area contributed by atoms with Crippen LogP contribution in [0.1, 0.15) is 5.56 Å². The molecule has 0 atom stereocenters. The summed E-state index contributed by atoms with van der Waals surface area (Å²) in [6.07, 6.45) is 0. The first-order valence-corrected chi connectivity index (χ1v) is 3.51. The summed E-state index contributed by atoms with van der Waals surface area (Å²) >= 11 is 5.42. The van der Waals surface area contributed by atoms with Crippen molar-refractivity contribution in [2.45, 2.75) is 0 Å². The Morgan fingerprint density at radius 2 is 2.23 bits per heavy atom. The molecule has 1 aromatic rings. The molecule has 0 radical (unpaired) electrons. The van der Waals surface area contributed by atoms with Crippen LogP contribution in [0, 0.1) is 21.4 Å². The van der Waals surface area contributed by atoms with Crippen molar-refractivity contribution in [3.63, 3.8) is 0 Å². The van der Waals surface area contributed by atoms with E-state index in [-0.39, 0.29) is 10.6 Å². The molecule has 1 rings (SSSR count). The molecule has 13 heavy (non-hydrogen) atoms. The van der Waals surface area contributed by atoms with Crippen molar-refractivity contribution in [3.05, 3.63) is 32.8 Å². The molecule has 0 aromatic heterocycles. The summed E-state index contributed by atoms with van der Waals surface area (Å²) < 4.78 is 0. The van der Waals surface area contributed by atoms with Gasteiger partial charge in [0.2, 0.25) is 5.75 Å². The largest absolute Gasteiger partial charge is 0.501 e. The van der Waals surface area contributed by atoms with Crippen molar-refractivity contribution in [1.29, 1.82) is 5.26 Å². The second kappa shape index (κ2) is 3.29. The molecule has 0 aliphatic rings. The van der Waals surface area contributed by atoms with Crippen LogP contribution in [0.4, 0.5) is 5.69 Å². The van der Waals surface area contributed by atoms with Gasteiger partial charge in [-0.05, 0) is 12.1 Å². The van der Waals surface area contributed by atoms with E-state index in [1.54, 1.807) is 6.07 Å². The van der Waals surface area contributed by atoms with Gasteiger partial charge in [0.25, 0.3) is 0 Å². The molecule has 6 heteroatoms. The molecule has 0 bridgehead atoms. The van der Waals surface area contributed by atoms with Crippen molar-refractivity contribution < 1.29 is 10.0 Å². The minimum Gasteiger partial charge on any atom is -0.501 e. The number of benzene rings is 1. The van der Waals surface area contributed by atoms with Gasteiger partial charge in [-0.2, -0.15) is 5.26 Å². The quantitative estimate of drug-likeness (QED) is 0.551. The molecule has 1 N–H and O–H groups in total. The molecule has 1 aromatic carbocycles. The van der Waals surface area contributed by atoms with Crippen molar-refractivity contribution in [2.24, 2.45) is 0 Å². The number of phenols is 1. The first-order chi connectivity index (χ1) is 6.07. The second-order valence-corrected chi connectivity index (χ2v) is 2.57. The van der Waals surface area contributed by atoms with Gasteiger partial charge in [0.15, 0.2) is 0 Å². The highest BCUT2D eigenvalue weighted by Gasteiger charge is 2.21. The number of nitro groups is 1. The summed E-state index contributed by atoms with van der Waals surface area (Å²) in [6, 6.07) is 3.99. The van der Waals surface area contributed by atoms with Crippen molar-refractivity contribution in [2.75, 3.05) is 0 Å². The number of hydrogen-bond donors (Lipinski definition) is 1. The average Bonchev–Trinajstić information content (AvgIpc) is 2.08. The van der Waals surface area contributed by atoms with E-state index in [1.165, 1.54) is 12.1 Å². The Morgan fingerprint density at radius 1 is 1.62 bits per heavy atom. The summed E-state index contributed by atoms with van der Waals surface area (Å²) in [4.78, 5) is 9.54. The average molecular weight is 199 g/mol. The maximum atomic E-state index is 10.4. The maximum Gasteiger partial charge on any atom is 0.329 e. The fourth-order valence-electron chi connectivity index (χ4n) is 0.830. The van der Waals surface area contributed by atoms with Gasteiger partial charge in [-0.1, -0.05) is 11.6 Å². The van der Waals surface area contributed by atoms with E-state index in [0.717, 1.165) is 0 Å². The molecule has 0 saturated carbocycles. The van der Waals surface area contributed by atoms with E-state index in [4.69, 9.17) is 22.0 Å². The molecule has 0 amide bonds. The van der Waals surface area contributed by atoms with Crippen molar-refractivity contribution in [1.82, 2.24) is 0 Å². The molecule has 66 valence electrons. The van der Waals surface area contributed by atoms with Gasteiger partial charge < -0.3 is 5.11 Å². The number of aromatic hydroxyl groups is 1. The third-order valence-corrected chi connectivity index (χ3v) is 1.71. The monoisotopic (exact) mass is 198 g/mol. The van der Waals surface area contributed by atoms with E-state index < -0.39 is 16.4 Å². The van der Waals surface area contributed by atoms with Gasteiger partial charge in [-0.3, -0.25) is 10.1 Å². The zero-order valence-corrected chi connectivity index (χ0v) is 6.95. The van der Waals surface area contributed by atoms with E-state index >= 15 is 0 Å². The summed E-state index contributed by atoms with van der Waals surface area (Å²) in [5.74, 6) is -0.675. The normalized spacial score (nSPS) is 9.23. The summed E-state index contributed by atoms with van der Waals surface area (Å²) in [5.41, 5.74) is -0.873. The Labute approximate surface area is 77.9 Å². The van der Waals surface area contributed by atoms with Gasteiger partial charge >= 0.3 is 5.69 Å². The summed E-state index contributed by atoms with van der Waals surface area (Å²) in [5, 5.41) is 27.9. The lowest BCUT2D eigenvalue weighted by molar-refractivity contribution is -0.386. The number of nitro benzene ring substituents is 1. The standard InChI is InChI=1S/C7H3ClN2O3/c8-5-2-1-4(3-9)6(7(5)11)10(12)13/h1-2,11H. The molecule has 0 heterocycles. The molecule has 0 fully saturated rings. The summed E-state index contributed by atoms with van der Waals surface area (Å²) in [7, 11) is 0. The lowest BCUT2D eigenvalue weighted by atomic mass is 10.2. The van der Waals surface area contributed by atoms with Crippen LogP contribution in [0.25, 0.3) is 0 Å². The van der Waals surface area contributed by atoms with Crippen molar-refractivity contribution >= 4 is 17.3 Å². The smallest absolute Gasteiger partial charge is 0.329 e. The molecule has 0 aliphatic carbocycles. The molecule has 0 spiro atoms. The number of rotatable bonds is 1. The molecular weight excluding hydrogens is 196 g/mol. The van der Waals surface area contributed by atoms with Crippen molar-refractivity contribution in [3.8, 4) is 11.8 Å². The molecule has 0 aliphatic heterocycles. The van der Waals surface area contributed by atoms with E-state index in [2.05, 4.69) is 0 Å². The van der Waals surface area contributed by atoms with Crippen LogP contribution in [0.2, 0.25) is 5.02 Å². The van der Waals surface area contributed by atoms with Crippen LogP contribution >= 0.6 is 11.6 Å². The van der Waals surface area contributed by atoms with Crippen LogP contribution in [-0.2, 0) is 0 Å². The number of nitrogens with zero attached hydrogens (tertiary/aromatic N) is 2. The third-order valence-electron chi connectivity index (χ3n) is 1.40. The molecule has 5 nitrogen and oxygen atoms in total. The van der Waals surface area contributed by atoms with Crippen LogP contribution in [0.5, 0.6) is 5.75 Å². The van der Waals surface area contributed by atoms with E-state index in [0.29, 0.717) is 0 Å². The maximum absolute atomic E-state index is 10.4. The molecule has 0 unspecified atom stereocenters. The lowest BCUT2D eigenvalue weighted by Gasteiger charge is -1.98. The predicted molar refractivity (Wildman–Crippen MR) is 44.5 cm³/mol. The van der Waals surface area contributed by atoms with Crippen LogP contribution in [0.15, 0.2) is 12.1 Å². The summed E-state index contributed by atoms with van der Waals surface area (Å²) in [6.45, 7) is 0. The molecule has 0 saturated heterocycles. The lowest BCUT2D eigenvalue weighted by Crippen LogP contribution is -1.92. The zero-order valence-electron chi connectivity index (χ0n) is 6.19. The van der Waals surface area contributed by atoms with Gasteiger partial charge in [-0.25, -0.2) is 0 Å². The highest BCUT2D eigenvalue weighted by Crippen LogP contribution is 2.35. The fourth-order valence-corrected chi connectivity index (χ4v) is 0.983. The van der Waals surface area contributed by atoms with Gasteiger partial charge in [0, 0.05) is 0 Å².